The third-order valence-corrected chi connectivity index (χ3v) is 5.59. The molecule has 2 aliphatic rings. The maximum absolute atomic E-state index is 5.96. The van der Waals surface area contributed by atoms with E-state index in [-0.39, 0.29) is 5.41 Å². The summed E-state index contributed by atoms with van der Waals surface area (Å²) in [5.41, 5.74) is 0.290. The lowest BCUT2D eigenvalue weighted by Gasteiger charge is -2.48. The molecule has 2 aliphatic heterocycles. The van der Waals surface area contributed by atoms with Gasteiger partial charge in [-0.1, -0.05) is 6.07 Å². The first-order valence-corrected chi connectivity index (χ1v) is 8.99. The second kappa shape index (κ2) is 7.35. The Morgan fingerprint density at radius 1 is 1.04 bits per heavy atom. The van der Waals surface area contributed by atoms with Gasteiger partial charge in [0.25, 0.3) is 0 Å². The minimum absolute atomic E-state index is 0.290. The molecule has 0 bridgehead atoms. The maximum Gasteiger partial charge on any atom is 0.225 e. The standard InChI is InChI=1S/C19H24N4O2/c1-2-8-20-17(4-1)25-15-16-14-24-13-7-19(16)5-11-23(12-6-19)18-21-9-3-10-22-18/h1-4,8-10,16H,5-7,11-15H2/t16-/m1/s1. The van der Waals surface area contributed by atoms with Gasteiger partial charge in [0.15, 0.2) is 0 Å². The van der Waals surface area contributed by atoms with Crippen molar-refractivity contribution in [2.45, 2.75) is 19.3 Å². The maximum atomic E-state index is 5.96. The van der Waals surface area contributed by atoms with Gasteiger partial charge < -0.3 is 14.4 Å². The Bertz CT molecular complexity index is 660. The second-order valence-corrected chi connectivity index (χ2v) is 6.90. The molecule has 1 spiro atoms. The summed E-state index contributed by atoms with van der Waals surface area (Å²) in [6.07, 6.45) is 8.75. The van der Waals surface area contributed by atoms with Crippen molar-refractivity contribution in [2.24, 2.45) is 11.3 Å². The Kier molecular flexibility index (Phi) is 4.78. The molecule has 0 unspecified atom stereocenters. The number of hydrogen-bond acceptors (Lipinski definition) is 6. The van der Waals surface area contributed by atoms with Crippen molar-refractivity contribution in [1.29, 1.82) is 0 Å². The molecule has 0 aromatic carbocycles. The van der Waals surface area contributed by atoms with Crippen molar-refractivity contribution in [1.82, 2.24) is 15.0 Å². The zero-order valence-electron chi connectivity index (χ0n) is 14.4. The fourth-order valence-electron chi connectivity index (χ4n) is 3.99. The number of ether oxygens (including phenoxy) is 2. The molecule has 2 aromatic rings. The second-order valence-electron chi connectivity index (χ2n) is 6.90. The summed E-state index contributed by atoms with van der Waals surface area (Å²) in [6, 6.07) is 7.62. The molecule has 2 aromatic heterocycles. The molecule has 4 heterocycles. The molecule has 132 valence electrons. The van der Waals surface area contributed by atoms with Crippen LogP contribution in [0.1, 0.15) is 19.3 Å². The van der Waals surface area contributed by atoms with Crippen LogP contribution in [0, 0.1) is 11.3 Å². The minimum Gasteiger partial charge on any atom is -0.477 e. The minimum atomic E-state index is 0.290. The van der Waals surface area contributed by atoms with Gasteiger partial charge in [0.05, 0.1) is 13.2 Å². The van der Waals surface area contributed by atoms with E-state index in [1.807, 2.05) is 36.7 Å². The molecule has 0 saturated carbocycles. The van der Waals surface area contributed by atoms with E-state index in [1.165, 1.54) is 0 Å². The number of anilines is 1. The molecule has 0 radical (unpaired) electrons. The first-order valence-electron chi connectivity index (χ1n) is 8.99. The number of piperidine rings is 1. The van der Waals surface area contributed by atoms with Gasteiger partial charge in [-0.3, -0.25) is 0 Å². The van der Waals surface area contributed by atoms with Crippen LogP contribution in [0.25, 0.3) is 0 Å². The van der Waals surface area contributed by atoms with Crippen molar-refractivity contribution in [3.05, 3.63) is 42.9 Å². The Labute approximate surface area is 148 Å². The van der Waals surface area contributed by atoms with Gasteiger partial charge in [-0.2, -0.15) is 0 Å². The van der Waals surface area contributed by atoms with Gasteiger partial charge in [0.1, 0.15) is 0 Å². The Morgan fingerprint density at radius 2 is 1.84 bits per heavy atom. The summed E-state index contributed by atoms with van der Waals surface area (Å²) >= 11 is 0. The first-order chi connectivity index (χ1) is 12.4. The van der Waals surface area contributed by atoms with Crippen molar-refractivity contribution in [3.8, 4) is 5.88 Å². The summed E-state index contributed by atoms with van der Waals surface area (Å²) in [5, 5.41) is 0. The van der Waals surface area contributed by atoms with Crippen LogP contribution in [0.3, 0.4) is 0 Å². The van der Waals surface area contributed by atoms with Gasteiger partial charge in [0.2, 0.25) is 11.8 Å². The number of aromatic nitrogens is 3. The average Bonchev–Trinajstić information content (AvgIpc) is 2.69. The largest absolute Gasteiger partial charge is 0.477 e. The highest BCUT2D eigenvalue weighted by atomic mass is 16.5. The van der Waals surface area contributed by atoms with Crippen molar-refractivity contribution in [3.63, 3.8) is 0 Å². The first kappa shape index (κ1) is 16.3. The highest BCUT2D eigenvalue weighted by Crippen LogP contribution is 2.45. The molecular weight excluding hydrogens is 316 g/mol. The fourth-order valence-corrected chi connectivity index (χ4v) is 3.99. The summed E-state index contributed by atoms with van der Waals surface area (Å²) in [5.74, 6) is 1.94. The third-order valence-electron chi connectivity index (χ3n) is 5.59. The van der Waals surface area contributed by atoms with Crippen LogP contribution in [0.5, 0.6) is 5.88 Å². The topological polar surface area (TPSA) is 60.4 Å². The molecule has 4 rings (SSSR count). The van der Waals surface area contributed by atoms with Crippen LogP contribution in [-0.2, 0) is 4.74 Å². The van der Waals surface area contributed by atoms with E-state index in [4.69, 9.17) is 9.47 Å². The van der Waals surface area contributed by atoms with E-state index >= 15 is 0 Å². The quantitative estimate of drug-likeness (QED) is 0.852. The molecule has 2 saturated heterocycles. The zero-order valence-corrected chi connectivity index (χ0v) is 14.4. The molecule has 25 heavy (non-hydrogen) atoms. The summed E-state index contributed by atoms with van der Waals surface area (Å²) < 4.78 is 11.7. The molecule has 0 amide bonds. The molecule has 2 fully saturated rings. The van der Waals surface area contributed by atoms with E-state index in [9.17, 15) is 0 Å². The smallest absolute Gasteiger partial charge is 0.225 e. The van der Waals surface area contributed by atoms with E-state index in [0.717, 1.165) is 51.5 Å². The van der Waals surface area contributed by atoms with E-state index in [1.54, 1.807) is 6.20 Å². The lowest BCUT2D eigenvalue weighted by atomic mass is 9.66. The van der Waals surface area contributed by atoms with Crippen LogP contribution in [0.4, 0.5) is 5.95 Å². The number of rotatable bonds is 4. The fraction of sp³-hybridized carbons (Fsp3) is 0.526. The van der Waals surface area contributed by atoms with Gasteiger partial charge >= 0.3 is 0 Å². The van der Waals surface area contributed by atoms with Crippen LogP contribution in [-0.4, -0.2) is 47.9 Å². The molecule has 0 aliphatic carbocycles. The van der Waals surface area contributed by atoms with Gasteiger partial charge in [-0.25, -0.2) is 15.0 Å². The Hall–Kier alpha value is -2.21. The Balaban J connectivity index is 1.40. The van der Waals surface area contributed by atoms with Crippen LogP contribution >= 0.6 is 0 Å². The lowest BCUT2D eigenvalue weighted by molar-refractivity contribution is -0.0701. The summed E-state index contributed by atoms with van der Waals surface area (Å²) in [7, 11) is 0. The molecule has 0 N–H and O–H groups in total. The predicted octanol–water partition coefficient (Wildman–Crippen LogP) is 2.57. The molecule has 1 atom stereocenters. The normalized spacial score (nSPS) is 22.7. The van der Waals surface area contributed by atoms with Gasteiger partial charge in [-0.15, -0.1) is 0 Å². The predicted molar refractivity (Wildman–Crippen MR) is 94.6 cm³/mol. The highest BCUT2D eigenvalue weighted by molar-refractivity contribution is 5.29. The van der Waals surface area contributed by atoms with Crippen LogP contribution in [0.15, 0.2) is 42.9 Å². The SMILES string of the molecule is c1ccc(OC[C@H]2COCCC23CCN(c2ncccn2)CC3)nc1. The average molecular weight is 340 g/mol. The molecule has 6 nitrogen and oxygen atoms in total. The van der Waals surface area contributed by atoms with E-state index in [2.05, 4.69) is 19.9 Å². The molecular formula is C19H24N4O2. The van der Waals surface area contributed by atoms with Gasteiger partial charge in [0, 0.05) is 50.3 Å². The van der Waals surface area contributed by atoms with Crippen molar-refractivity contribution >= 4 is 5.95 Å². The van der Waals surface area contributed by atoms with Crippen LogP contribution < -0.4 is 9.64 Å². The number of nitrogens with zero attached hydrogens (tertiary/aromatic N) is 4. The molecule has 6 heteroatoms. The van der Waals surface area contributed by atoms with E-state index < -0.39 is 0 Å². The van der Waals surface area contributed by atoms with Crippen molar-refractivity contribution < 1.29 is 9.47 Å². The summed E-state index contributed by atoms with van der Waals surface area (Å²) in [6.45, 7) is 4.27. The third kappa shape index (κ3) is 3.58. The monoisotopic (exact) mass is 340 g/mol. The van der Waals surface area contributed by atoms with E-state index in [0.29, 0.717) is 18.4 Å². The van der Waals surface area contributed by atoms with Gasteiger partial charge in [-0.05, 0) is 36.8 Å². The zero-order chi connectivity index (χ0) is 17.0. The van der Waals surface area contributed by atoms with Crippen molar-refractivity contribution in [2.75, 3.05) is 37.8 Å². The number of hydrogen-bond donors (Lipinski definition) is 0. The highest BCUT2D eigenvalue weighted by Gasteiger charge is 2.44. The number of pyridine rings is 1. The Morgan fingerprint density at radius 3 is 2.60 bits per heavy atom. The summed E-state index contributed by atoms with van der Waals surface area (Å²) in [4.78, 5) is 15.3. The van der Waals surface area contributed by atoms with Crippen LogP contribution in [0.2, 0.25) is 0 Å². The lowest BCUT2D eigenvalue weighted by Crippen LogP contribution is -2.50.